The predicted octanol–water partition coefficient (Wildman–Crippen LogP) is 6.29. The van der Waals surface area contributed by atoms with Crippen molar-refractivity contribution in [3.05, 3.63) is 70.6 Å². The predicted molar refractivity (Wildman–Crippen MR) is 117 cm³/mol. The van der Waals surface area contributed by atoms with Crippen LogP contribution in [0.1, 0.15) is 25.3 Å². The molecule has 0 unspecified atom stereocenters. The lowest BCUT2D eigenvalue weighted by molar-refractivity contribution is -0.111. The number of amides is 1. The number of halogens is 1. The van der Waals surface area contributed by atoms with Gasteiger partial charge < -0.3 is 4.74 Å². The molecular formula is C22H21ClN2O2S. The van der Waals surface area contributed by atoms with Crippen molar-refractivity contribution in [2.75, 3.05) is 11.9 Å². The van der Waals surface area contributed by atoms with Crippen LogP contribution in [0.2, 0.25) is 5.02 Å². The highest BCUT2D eigenvalue weighted by atomic mass is 35.5. The van der Waals surface area contributed by atoms with Gasteiger partial charge in [0.15, 0.2) is 5.13 Å². The van der Waals surface area contributed by atoms with Crippen LogP contribution in [-0.2, 0) is 4.79 Å². The Balaban J connectivity index is 1.56. The molecule has 4 nitrogen and oxygen atoms in total. The molecule has 6 heteroatoms. The molecule has 0 radical (unpaired) electrons. The van der Waals surface area contributed by atoms with Crippen LogP contribution in [0.5, 0.6) is 5.75 Å². The van der Waals surface area contributed by atoms with Crippen molar-refractivity contribution < 1.29 is 9.53 Å². The van der Waals surface area contributed by atoms with E-state index in [4.69, 9.17) is 16.3 Å². The molecule has 0 aliphatic carbocycles. The number of nitrogens with zero attached hydrogens (tertiary/aromatic N) is 1. The smallest absolute Gasteiger partial charge is 0.250 e. The second-order valence-corrected chi connectivity index (χ2v) is 7.38. The molecule has 1 heterocycles. The molecule has 3 aromatic rings. The molecule has 0 aliphatic heterocycles. The summed E-state index contributed by atoms with van der Waals surface area (Å²) < 4.78 is 5.63. The lowest BCUT2D eigenvalue weighted by Crippen LogP contribution is -2.07. The Hall–Kier alpha value is -2.63. The summed E-state index contributed by atoms with van der Waals surface area (Å²) in [6.45, 7) is 2.85. The average molecular weight is 413 g/mol. The number of ether oxygens (including phenoxy) is 1. The number of thiazole rings is 1. The Labute approximate surface area is 173 Å². The molecule has 2 aromatic carbocycles. The van der Waals surface area contributed by atoms with Crippen molar-refractivity contribution in [1.82, 2.24) is 4.98 Å². The van der Waals surface area contributed by atoms with E-state index in [2.05, 4.69) is 17.2 Å². The number of nitrogens with one attached hydrogen (secondary N) is 1. The minimum Gasteiger partial charge on any atom is -0.494 e. The second-order valence-electron chi connectivity index (χ2n) is 6.11. The molecule has 0 saturated heterocycles. The number of carbonyl (C=O) groups is 1. The van der Waals surface area contributed by atoms with Gasteiger partial charge in [0.1, 0.15) is 5.75 Å². The fourth-order valence-electron chi connectivity index (χ4n) is 2.45. The van der Waals surface area contributed by atoms with Crippen molar-refractivity contribution in [1.29, 1.82) is 0 Å². The largest absolute Gasteiger partial charge is 0.494 e. The third-order valence-corrected chi connectivity index (χ3v) is 5.05. The number of benzene rings is 2. The Morgan fingerprint density at radius 1 is 1.21 bits per heavy atom. The Morgan fingerprint density at radius 3 is 2.75 bits per heavy atom. The quantitative estimate of drug-likeness (QED) is 0.349. The van der Waals surface area contributed by atoms with Gasteiger partial charge in [-0.3, -0.25) is 10.1 Å². The van der Waals surface area contributed by atoms with E-state index in [0.717, 1.165) is 42.0 Å². The number of unbranched alkanes of at least 4 members (excludes halogenated alkanes) is 1. The first-order valence-corrected chi connectivity index (χ1v) is 10.3. The number of anilines is 1. The molecule has 0 atom stereocenters. The van der Waals surface area contributed by atoms with Crippen molar-refractivity contribution in [2.45, 2.75) is 19.8 Å². The number of hydrogen-bond acceptors (Lipinski definition) is 4. The van der Waals surface area contributed by atoms with Crippen LogP contribution >= 0.6 is 22.9 Å². The normalized spacial score (nSPS) is 10.9. The summed E-state index contributed by atoms with van der Waals surface area (Å²) in [6.07, 6.45) is 5.39. The molecule has 28 heavy (non-hydrogen) atoms. The number of hydrogen-bond donors (Lipinski definition) is 1. The molecule has 0 bridgehead atoms. The molecule has 1 amide bonds. The fraction of sp³-hybridized carbons (Fsp3) is 0.182. The van der Waals surface area contributed by atoms with Gasteiger partial charge in [-0.1, -0.05) is 55.3 Å². The van der Waals surface area contributed by atoms with E-state index in [9.17, 15) is 4.79 Å². The van der Waals surface area contributed by atoms with E-state index < -0.39 is 0 Å². The maximum Gasteiger partial charge on any atom is 0.250 e. The maximum atomic E-state index is 12.2. The molecule has 0 spiro atoms. The molecule has 0 saturated carbocycles. The SMILES string of the molecule is CCCCOc1ccc(/C=C/C(=O)Nc2nc(-c3ccccc3Cl)cs2)cc1. The summed E-state index contributed by atoms with van der Waals surface area (Å²) in [7, 11) is 0. The van der Waals surface area contributed by atoms with E-state index in [-0.39, 0.29) is 5.91 Å². The highest BCUT2D eigenvalue weighted by Gasteiger charge is 2.09. The van der Waals surface area contributed by atoms with Crippen molar-refractivity contribution >= 4 is 40.1 Å². The zero-order valence-electron chi connectivity index (χ0n) is 15.5. The van der Waals surface area contributed by atoms with Gasteiger partial charge >= 0.3 is 0 Å². The van der Waals surface area contributed by atoms with Gasteiger partial charge in [0, 0.05) is 22.0 Å². The number of rotatable bonds is 8. The standard InChI is InChI=1S/C22H21ClN2O2S/c1-2-3-14-27-17-11-8-16(9-12-17)10-13-21(26)25-22-24-20(15-28-22)18-6-4-5-7-19(18)23/h4-13,15H,2-3,14H2,1H3,(H,24,25,26)/b13-10+. The fourth-order valence-corrected chi connectivity index (χ4v) is 3.40. The lowest BCUT2D eigenvalue weighted by Gasteiger charge is -2.05. The summed E-state index contributed by atoms with van der Waals surface area (Å²) in [4.78, 5) is 16.6. The van der Waals surface area contributed by atoms with Gasteiger partial charge in [-0.25, -0.2) is 4.98 Å². The van der Waals surface area contributed by atoms with Gasteiger partial charge in [0.2, 0.25) is 5.91 Å². The third-order valence-electron chi connectivity index (χ3n) is 3.96. The Morgan fingerprint density at radius 2 is 2.00 bits per heavy atom. The topological polar surface area (TPSA) is 51.2 Å². The van der Waals surface area contributed by atoms with Gasteiger partial charge in [0.25, 0.3) is 0 Å². The first-order valence-electron chi connectivity index (χ1n) is 9.08. The Bertz CT molecular complexity index is 951. The first kappa shape index (κ1) is 20.1. The van der Waals surface area contributed by atoms with Gasteiger partial charge in [-0.2, -0.15) is 0 Å². The van der Waals surface area contributed by atoms with E-state index in [1.54, 1.807) is 6.08 Å². The van der Waals surface area contributed by atoms with Gasteiger partial charge in [-0.15, -0.1) is 11.3 Å². The summed E-state index contributed by atoms with van der Waals surface area (Å²) >= 11 is 7.56. The van der Waals surface area contributed by atoms with Crippen LogP contribution in [0.4, 0.5) is 5.13 Å². The van der Waals surface area contributed by atoms with Crippen molar-refractivity contribution in [2.24, 2.45) is 0 Å². The summed E-state index contributed by atoms with van der Waals surface area (Å²) in [6, 6.07) is 15.1. The molecule has 3 rings (SSSR count). The van der Waals surface area contributed by atoms with E-state index in [1.165, 1.54) is 17.4 Å². The molecule has 0 aliphatic rings. The van der Waals surface area contributed by atoms with E-state index in [0.29, 0.717) is 10.2 Å². The molecule has 144 valence electrons. The minimum absolute atomic E-state index is 0.233. The molecule has 1 aromatic heterocycles. The molecule has 1 N–H and O–H groups in total. The molecular weight excluding hydrogens is 392 g/mol. The van der Waals surface area contributed by atoms with Crippen LogP contribution in [0.15, 0.2) is 60.0 Å². The van der Waals surface area contributed by atoms with Crippen molar-refractivity contribution in [3.8, 4) is 17.0 Å². The zero-order chi connectivity index (χ0) is 19.8. The van der Waals surface area contributed by atoms with Crippen LogP contribution in [0.3, 0.4) is 0 Å². The average Bonchev–Trinajstić information content (AvgIpc) is 3.16. The van der Waals surface area contributed by atoms with Crippen molar-refractivity contribution in [3.63, 3.8) is 0 Å². The Kier molecular flexibility index (Phi) is 7.23. The minimum atomic E-state index is -0.233. The number of aromatic nitrogens is 1. The van der Waals surface area contributed by atoms with E-state index >= 15 is 0 Å². The highest BCUT2D eigenvalue weighted by Crippen LogP contribution is 2.30. The highest BCUT2D eigenvalue weighted by molar-refractivity contribution is 7.14. The van der Waals surface area contributed by atoms with Crippen LogP contribution in [0.25, 0.3) is 17.3 Å². The summed E-state index contributed by atoms with van der Waals surface area (Å²) in [5, 5.41) is 5.82. The van der Waals surface area contributed by atoms with Crippen LogP contribution < -0.4 is 10.1 Å². The molecule has 0 fully saturated rings. The zero-order valence-corrected chi connectivity index (χ0v) is 17.1. The third kappa shape index (κ3) is 5.68. The first-order chi connectivity index (χ1) is 13.7. The maximum absolute atomic E-state index is 12.2. The van der Waals surface area contributed by atoms with E-state index in [1.807, 2.05) is 53.9 Å². The lowest BCUT2D eigenvalue weighted by atomic mass is 10.2. The van der Waals surface area contributed by atoms with Gasteiger partial charge in [0.05, 0.1) is 12.3 Å². The second kappa shape index (κ2) is 10.1. The monoisotopic (exact) mass is 412 g/mol. The van der Waals surface area contributed by atoms with Crippen LogP contribution in [-0.4, -0.2) is 17.5 Å². The van der Waals surface area contributed by atoms with Gasteiger partial charge in [-0.05, 0) is 36.3 Å². The summed E-state index contributed by atoms with van der Waals surface area (Å²) in [5.74, 6) is 0.605. The summed E-state index contributed by atoms with van der Waals surface area (Å²) in [5.41, 5.74) is 2.51. The number of carbonyl (C=O) groups excluding carboxylic acids is 1. The van der Waals surface area contributed by atoms with Crippen LogP contribution in [0, 0.1) is 0 Å².